The van der Waals surface area contributed by atoms with Gasteiger partial charge in [-0.15, -0.1) is 0 Å². The molecule has 0 radical (unpaired) electrons. The molecule has 8 heteroatoms. The van der Waals surface area contributed by atoms with Crippen LogP contribution in [0.5, 0.6) is 0 Å². The van der Waals surface area contributed by atoms with Crippen LogP contribution in [0.15, 0.2) is 18.2 Å². The van der Waals surface area contributed by atoms with Gasteiger partial charge in [-0.2, -0.15) is 5.26 Å². The topological polar surface area (TPSA) is 93.1 Å². The molecule has 0 spiro atoms. The molecule has 1 aliphatic rings. The summed E-state index contributed by atoms with van der Waals surface area (Å²) in [5, 5.41) is 18.3. The molecule has 2 aromatic rings. The standard InChI is InChI=1S/C15H18N6OS/c16-10-11-1-2-12-13(9-11)23-15(19-12)20-14(22)18-5-8-21-6-3-17-4-7-21/h1-2,9,17H,3-8H2,(H2,18,19,20,22). The second kappa shape index (κ2) is 7.37. The Morgan fingerprint density at radius 1 is 1.43 bits per heavy atom. The second-order valence-corrected chi connectivity index (χ2v) is 6.32. The highest BCUT2D eigenvalue weighted by atomic mass is 32.1. The number of urea groups is 1. The first-order valence-corrected chi connectivity index (χ1v) is 8.35. The van der Waals surface area contributed by atoms with Gasteiger partial charge in [-0.1, -0.05) is 11.3 Å². The number of fused-ring (bicyclic) bond motifs is 1. The molecular weight excluding hydrogens is 312 g/mol. The van der Waals surface area contributed by atoms with E-state index >= 15 is 0 Å². The summed E-state index contributed by atoms with van der Waals surface area (Å²) in [4.78, 5) is 18.6. The van der Waals surface area contributed by atoms with Gasteiger partial charge in [0.05, 0.1) is 21.8 Å². The monoisotopic (exact) mass is 330 g/mol. The zero-order valence-electron chi connectivity index (χ0n) is 12.6. The van der Waals surface area contributed by atoms with Gasteiger partial charge in [0.2, 0.25) is 0 Å². The highest BCUT2D eigenvalue weighted by Crippen LogP contribution is 2.26. The summed E-state index contributed by atoms with van der Waals surface area (Å²) in [6.45, 7) is 5.49. The smallest absolute Gasteiger partial charge is 0.321 e. The van der Waals surface area contributed by atoms with Crippen molar-refractivity contribution in [3.05, 3.63) is 23.8 Å². The van der Waals surface area contributed by atoms with Gasteiger partial charge >= 0.3 is 6.03 Å². The Labute approximate surface area is 138 Å². The van der Waals surface area contributed by atoms with E-state index in [0.29, 0.717) is 17.2 Å². The SMILES string of the molecule is N#Cc1ccc2nc(NC(=O)NCCN3CCNCC3)sc2c1. The second-order valence-electron chi connectivity index (χ2n) is 5.29. The van der Waals surface area contributed by atoms with E-state index < -0.39 is 0 Å². The molecule has 0 bridgehead atoms. The first kappa shape index (κ1) is 15.7. The molecule has 0 saturated carbocycles. The minimum atomic E-state index is -0.250. The summed E-state index contributed by atoms with van der Waals surface area (Å²) in [5.74, 6) is 0. The number of rotatable bonds is 4. The van der Waals surface area contributed by atoms with Crippen molar-refractivity contribution in [2.75, 3.05) is 44.6 Å². The van der Waals surface area contributed by atoms with Crippen molar-refractivity contribution in [1.82, 2.24) is 20.5 Å². The number of nitrogens with zero attached hydrogens (tertiary/aromatic N) is 3. The minimum absolute atomic E-state index is 0.250. The molecule has 23 heavy (non-hydrogen) atoms. The van der Waals surface area contributed by atoms with Gasteiger partial charge in [-0.25, -0.2) is 9.78 Å². The number of carbonyl (C=O) groups excluding carboxylic acids is 1. The molecule has 1 aliphatic heterocycles. The summed E-state index contributed by atoms with van der Waals surface area (Å²) in [6, 6.07) is 7.14. The van der Waals surface area contributed by atoms with Crippen molar-refractivity contribution in [2.24, 2.45) is 0 Å². The van der Waals surface area contributed by atoms with E-state index in [-0.39, 0.29) is 6.03 Å². The van der Waals surface area contributed by atoms with Gasteiger partial charge in [-0.05, 0) is 18.2 Å². The fourth-order valence-corrected chi connectivity index (χ4v) is 3.35. The van der Waals surface area contributed by atoms with E-state index in [1.54, 1.807) is 18.2 Å². The van der Waals surface area contributed by atoms with Crippen molar-refractivity contribution >= 4 is 32.7 Å². The van der Waals surface area contributed by atoms with E-state index in [4.69, 9.17) is 5.26 Å². The van der Waals surface area contributed by atoms with Crippen LogP contribution in [-0.2, 0) is 0 Å². The fraction of sp³-hybridized carbons (Fsp3) is 0.400. The molecule has 3 rings (SSSR count). The van der Waals surface area contributed by atoms with Gasteiger partial charge < -0.3 is 10.6 Å². The number of thiazole rings is 1. The third kappa shape index (κ3) is 4.16. The first-order chi connectivity index (χ1) is 11.2. The summed E-state index contributed by atoms with van der Waals surface area (Å²) in [5.41, 5.74) is 1.37. The van der Waals surface area contributed by atoms with Crippen molar-refractivity contribution in [1.29, 1.82) is 5.26 Å². The Kier molecular flexibility index (Phi) is 5.02. The number of aromatic nitrogens is 1. The maximum Gasteiger partial charge on any atom is 0.321 e. The van der Waals surface area contributed by atoms with Crippen molar-refractivity contribution in [3.63, 3.8) is 0 Å². The van der Waals surface area contributed by atoms with E-state index in [2.05, 4.69) is 31.9 Å². The molecule has 1 saturated heterocycles. The average Bonchev–Trinajstić information content (AvgIpc) is 2.96. The number of anilines is 1. The normalized spacial score (nSPS) is 15.3. The Hall–Kier alpha value is -2.21. The number of hydrogen-bond donors (Lipinski definition) is 3. The van der Waals surface area contributed by atoms with Crippen LogP contribution in [0.25, 0.3) is 10.2 Å². The number of hydrogen-bond acceptors (Lipinski definition) is 6. The van der Waals surface area contributed by atoms with Gasteiger partial charge in [0.25, 0.3) is 0 Å². The molecule has 2 amide bonds. The third-order valence-electron chi connectivity index (χ3n) is 3.66. The Morgan fingerprint density at radius 2 is 2.26 bits per heavy atom. The molecule has 1 aromatic heterocycles. The van der Waals surface area contributed by atoms with E-state index in [0.717, 1.165) is 42.9 Å². The quantitative estimate of drug-likeness (QED) is 0.783. The summed E-state index contributed by atoms with van der Waals surface area (Å²) in [6.07, 6.45) is 0. The fourth-order valence-electron chi connectivity index (χ4n) is 2.45. The summed E-state index contributed by atoms with van der Waals surface area (Å²) >= 11 is 1.36. The lowest BCUT2D eigenvalue weighted by atomic mass is 10.2. The van der Waals surface area contributed by atoms with Crippen LogP contribution >= 0.6 is 11.3 Å². The molecule has 3 N–H and O–H groups in total. The van der Waals surface area contributed by atoms with E-state index in [1.807, 2.05) is 0 Å². The van der Waals surface area contributed by atoms with Crippen LogP contribution in [0.1, 0.15) is 5.56 Å². The van der Waals surface area contributed by atoms with Crippen LogP contribution in [-0.4, -0.2) is 55.2 Å². The lowest BCUT2D eigenvalue weighted by Crippen LogP contribution is -2.46. The maximum absolute atomic E-state index is 11.9. The van der Waals surface area contributed by atoms with Crippen molar-refractivity contribution in [2.45, 2.75) is 0 Å². The number of nitrogens with one attached hydrogen (secondary N) is 3. The molecule has 7 nitrogen and oxygen atoms in total. The first-order valence-electron chi connectivity index (χ1n) is 7.53. The van der Waals surface area contributed by atoms with Gasteiger partial charge in [0.1, 0.15) is 0 Å². The molecule has 1 aromatic carbocycles. The molecule has 0 atom stereocenters. The summed E-state index contributed by atoms with van der Waals surface area (Å²) in [7, 11) is 0. The van der Waals surface area contributed by atoms with E-state index in [1.165, 1.54) is 11.3 Å². The Balaban J connectivity index is 1.50. The van der Waals surface area contributed by atoms with Crippen molar-refractivity contribution in [3.8, 4) is 6.07 Å². The number of nitriles is 1. The zero-order valence-corrected chi connectivity index (χ0v) is 13.4. The van der Waals surface area contributed by atoms with Crippen LogP contribution in [0.4, 0.5) is 9.93 Å². The van der Waals surface area contributed by atoms with Crippen LogP contribution in [0, 0.1) is 11.3 Å². The number of amides is 2. The highest BCUT2D eigenvalue weighted by Gasteiger charge is 2.11. The molecule has 120 valence electrons. The molecular formula is C15H18N6OS. The molecule has 0 aliphatic carbocycles. The highest BCUT2D eigenvalue weighted by molar-refractivity contribution is 7.22. The van der Waals surface area contributed by atoms with Crippen molar-refractivity contribution < 1.29 is 4.79 Å². The van der Waals surface area contributed by atoms with Crippen LogP contribution < -0.4 is 16.0 Å². The summed E-state index contributed by atoms with van der Waals surface area (Å²) < 4.78 is 0.889. The van der Waals surface area contributed by atoms with Gasteiger partial charge in [0.15, 0.2) is 5.13 Å². The molecule has 2 heterocycles. The number of benzene rings is 1. The predicted octanol–water partition coefficient (Wildman–Crippen LogP) is 1.19. The zero-order chi connectivity index (χ0) is 16.1. The third-order valence-corrected chi connectivity index (χ3v) is 4.59. The Morgan fingerprint density at radius 3 is 3.04 bits per heavy atom. The maximum atomic E-state index is 11.9. The lowest BCUT2D eigenvalue weighted by Gasteiger charge is -2.27. The number of piperazine rings is 1. The lowest BCUT2D eigenvalue weighted by molar-refractivity contribution is 0.233. The largest absolute Gasteiger partial charge is 0.337 e. The molecule has 0 unspecified atom stereocenters. The number of carbonyl (C=O) groups is 1. The van der Waals surface area contributed by atoms with Crippen LogP contribution in [0.3, 0.4) is 0 Å². The molecule has 1 fully saturated rings. The minimum Gasteiger partial charge on any atom is -0.337 e. The average molecular weight is 330 g/mol. The van der Waals surface area contributed by atoms with Gasteiger partial charge in [0, 0.05) is 39.3 Å². The van der Waals surface area contributed by atoms with E-state index in [9.17, 15) is 4.79 Å². The van der Waals surface area contributed by atoms with Crippen LogP contribution in [0.2, 0.25) is 0 Å². The predicted molar refractivity (Wildman–Crippen MR) is 90.7 cm³/mol. The van der Waals surface area contributed by atoms with Gasteiger partial charge in [-0.3, -0.25) is 10.2 Å². The Bertz CT molecular complexity index is 731.